The molecule has 1 aromatic carbocycles. The minimum atomic E-state index is 0.669. The highest BCUT2D eigenvalue weighted by Gasteiger charge is 2.07. The van der Waals surface area contributed by atoms with Crippen molar-refractivity contribution in [1.82, 2.24) is 4.98 Å². The van der Waals surface area contributed by atoms with Crippen molar-refractivity contribution >= 4 is 17.3 Å². The fourth-order valence-corrected chi connectivity index (χ4v) is 2.40. The molecule has 1 heterocycles. The minimum Gasteiger partial charge on any atom is -0.411 e. The maximum Gasteiger partial charge on any atom is 0.0872 e. The van der Waals surface area contributed by atoms with Crippen LogP contribution in [0, 0.1) is 13.8 Å². The lowest BCUT2D eigenvalue weighted by molar-refractivity contribution is 0.318. The molecule has 2 rings (SSSR count). The first-order valence-electron chi connectivity index (χ1n) is 6.49. The summed E-state index contributed by atoms with van der Waals surface area (Å²) in [6, 6.07) is 9.63. The number of oxime groups is 1. The maximum atomic E-state index is 9.21. The van der Waals surface area contributed by atoms with Crippen molar-refractivity contribution in [2.75, 3.05) is 0 Å². The van der Waals surface area contributed by atoms with Crippen molar-refractivity contribution in [2.45, 2.75) is 26.7 Å². The van der Waals surface area contributed by atoms with E-state index in [1.807, 2.05) is 44.2 Å². The summed E-state index contributed by atoms with van der Waals surface area (Å²) in [5.74, 6) is 0. The molecule has 0 aliphatic carbocycles. The first-order chi connectivity index (χ1) is 9.60. The summed E-state index contributed by atoms with van der Waals surface area (Å²) in [5, 5.41) is 13.4. The van der Waals surface area contributed by atoms with Crippen LogP contribution in [0.5, 0.6) is 0 Å². The lowest BCUT2D eigenvalue weighted by atomic mass is 9.99. The largest absolute Gasteiger partial charge is 0.411 e. The van der Waals surface area contributed by atoms with Gasteiger partial charge in [-0.3, -0.25) is 4.98 Å². The van der Waals surface area contributed by atoms with Crippen LogP contribution in [0.15, 0.2) is 41.7 Å². The molecule has 2 aromatic rings. The lowest BCUT2D eigenvalue weighted by Gasteiger charge is -2.08. The van der Waals surface area contributed by atoms with Gasteiger partial charge >= 0.3 is 0 Å². The minimum absolute atomic E-state index is 0.669. The van der Waals surface area contributed by atoms with Crippen LogP contribution in [0.3, 0.4) is 0 Å². The highest BCUT2D eigenvalue weighted by molar-refractivity contribution is 6.30. The second-order valence-corrected chi connectivity index (χ2v) is 5.24. The zero-order valence-electron chi connectivity index (χ0n) is 11.6. The van der Waals surface area contributed by atoms with Crippen molar-refractivity contribution in [1.29, 1.82) is 0 Å². The van der Waals surface area contributed by atoms with Gasteiger partial charge in [-0.2, -0.15) is 0 Å². The SMILES string of the molecule is Cc1cc(C(CCc2ccc(Cl)cc2C)=NO)ccn1. The zero-order valence-corrected chi connectivity index (χ0v) is 12.4. The molecule has 0 saturated carbocycles. The molecule has 0 aliphatic heterocycles. The molecule has 1 aromatic heterocycles. The lowest BCUT2D eigenvalue weighted by Crippen LogP contribution is -2.04. The van der Waals surface area contributed by atoms with E-state index >= 15 is 0 Å². The average molecular weight is 289 g/mol. The molecule has 1 N–H and O–H groups in total. The van der Waals surface area contributed by atoms with Crippen molar-refractivity contribution in [3.63, 3.8) is 0 Å². The standard InChI is InChI=1S/C16H17ClN2O/c1-11-9-15(17)5-3-13(11)4-6-16(19-20)14-7-8-18-12(2)10-14/h3,5,7-10,20H,4,6H2,1-2H3. The Kier molecular flexibility index (Phi) is 4.74. The van der Waals surface area contributed by atoms with Gasteiger partial charge in [0.15, 0.2) is 0 Å². The molecule has 0 saturated heterocycles. The van der Waals surface area contributed by atoms with Crippen molar-refractivity contribution in [2.24, 2.45) is 5.16 Å². The van der Waals surface area contributed by atoms with E-state index in [1.54, 1.807) is 6.20 Å². The van der Waals surface area contributed by atoms with E-state index in [0.717, 1.165) is 28.3 Å². The van der Waals surface area contributed by atoms with E-state index in [-0.39, 0.29) is 0 Å². The van der Waals surface area contributed by atoms with Crippen LogP contribution >= 0.6 is 11.6 Å². The molecular weight excluding hydrogens is 272 g/mol. The predicted octanol–water partition coefficient (Wildman–Crippen LogP) is 4.16. The van der Waals surface area contributed by atoms with Crippen LogP contribution in [-0.2, 0) is 6.42 Å². The van der Waals surface area contributed by atoms with E-state index in [1.165, 1.54) is 5.56 Å². The molecule has 104 valence electrons. The number of halogens is 1. The molecule has 0 amide bonds. The number of rotatable bonds is 4. The predicted molar refractivity (Wildman–Crippen MR) is 81.8 cm³/mol. The Labute approximate surface area is 123 Å². The van der Waals surface area contributed by atoms with Crippen LogP contribution in [-0.4, -0.2) is 15.9 Å². The van der Waals surface area contributed by atoms with Gasteiger partial charge in [-0.1, -0.05) is 22.8 Å². The third kappa shape index (κ3) is 3.58. The van der Waals surface area contributed by atoms with Gasteiger partial charge in [0.1, 0.15) is 0 Å². The Morgan fingerprint density at radius 3 is 2.70 bits per heavy atom. The van der Waals surface area contributed by atoms with E-state index in [0.29, 0.717) is 12.1 Å². The van der Waals surface area contributed by atoms with Crippen LogP contribution < -0.4 is 0 Å². The molecule has 0 aliphatic rings. The molecule has 0 fully saturated rings. The Bertz CT molecular complexity index is 638. The number of pyridine rings is 1. The van der Waals surface area contributed by atoms with Crippen molar-refractivity contribution < 1.29 is 5.21 Å². The quantitative estimate of drug-likeness (QED) is 0.521. The summed E-state index contributed by atoms with van der Waals surface area (Å²) in [7, 11) is 0. The van der Waals surface area contributed by atoms with Gasteiger partial charge in [0, 0.05) is 22.5 Å². The highest BCUT2D eigenvalue weighted by atomic mass is 35.5. The van der Waals surface area contributed by atoms with E-state index < -0.39 is 0 Å². The Hall–Kier alpha value is -1.87. The van der Waals surface area contributed by atoms with Crippen LogP contribution in [0.4, 0.5) is 0 Å². The summed E-state index contributed by atoms with van der Waals surface area (Å²) >= 11 is 5.95. The topological polar surface area (TPSA) is 45.5 Å². The average Bonchev–Trinajstić information content (AvgIpc) is 2.41. The number of aryl methyl sites for hydroxylation is 3. The Morgan fingerprint density at radius 2 is 2.05 bits per heavy atom. The van der Waals surface area contributed by atoms with Crippen LogP contribution in [0.1, 0.15) is 28.8 Å². The van der Waals surface area contributed by atoms with Gasteiger partial charge in [0.25, 0.3) is 0 Å². The third-order valence-corrected chi connectivity index (χ3v) is 3.52. The number of benzene rings is 1. The van der Waals surface area contributed by atoms with Gasteiger partial charge < -0.3 is 5.21 Å². The van der Waals surface area contributed by atoms with Crippen LogP contribution in [0.2, 0.25) is 5.02 Å². The molecule has 0 atom stereocenters. The van der Waals surface area contributed by atoms with Gasteiger partial charge in [-0.15, -0.1) is 0 Å². The van der Waals surface area contributed by atoms with E-state index in [9.17, 15) is 5.21 Å². The summed E-state index contributed by atoms with van der Waals surface area (Å²) in [4.78, 5) is 4.15. The first kappa shape index (κ1) is 14.5. The van der Waals surface area contributed by atoms with Gasteiger partial charge in [0.05, 0.1) is 5.71 Å². The number of nitrogens with zero attached hydrogens (tertiary/aromatic N) is 2. The van der Waals surface area contributed by atoms with Crippen molar-refractivity contribution in [3.8, 4) is 0 Å². The zero-order chi connectivity index (χ0) is 14.5. The number of hydrogen-bond acceptors (Lipinski definition) is 3. The van der Waals surface area contributed by atoms with E-state index in [2.05, 4.69) is 10.1 Å². The third-order valence-electron chi connectivity index (χ3n) is 3.29. The van der Waals surface area contributed by atoms with Gasteiger partial charge in [0.2, 0.25) is 0 Å². The van der Waals surface area contributed by atoms with Gasteiger partial charge in [-0.25, -0.2) is 0 Å². The Morgan fingerprint density at radius 1 is 1.25 bits per heavy atom. The molecule has 0 bridgehead atoms. The normalized spacial score (nSPS) is 11.7. The van der Waals surface area contributed by atoms with Crippen LogP contribution in [0.25, 0.3) is 0 Å². The molecule has 0 spiro atoms. The van der Waals surface area contributed by atoms with E-state index in [4.69, 9.17) is 11.6 Å². The first-order valence-corrected chi connectivity index (χ1v) is 6.87. The molecule has 4 heteroatoms. The highest BCUT2D eigenvalue weighted by Crippen LogP contribution is 2.18. The molecule has 3 nitrogen and oxygen atoms in total. The van der Waals surface area contributed by atoms with Crippen molar-refractivity contribution in [3.05, 3.63) is 63.9 Å². The molecule has 20 heavy (non-hydrogen) atoms. The molecule has 0 radical (unpaired) electrons. The monoisotopic (exact) mass is 288 g/mol. The summed E-state index contributed by atoms with van der Waals surface area (Å²) < 4.78 is 0. The maximum absolute atomic E-state index is 9.21. The second-order valence-electron chi connectivity index (χ2n) is 4.80. The number of hydrogen-bond donors (Lipinski definition) is 1. The second kappa shape index (κ2) is 6.53. The van der Waals surface area contributed by atoms with Gasteiger partial charge in [-0.05, 0) is 62.1 Å². The molecule has 0 unspecified atom stereocenters. The summed E-state index contributed by atoms with van der Waals surface area (Å²) in [5.41, 5.74) is 4.85. The summed E-state index contributed by atoms with van der Waals surface area (Å²) in [6.07, 6.45) is 3.20. The molecular formula is C16H17ClN2O. The fourth-order valence-electron chi connectivity index (χ4n) is 2.17. The summed E-state index contributed by atoms with van der Waals surface area (Å²) in [6.45, 7) is 3.95. The number of aromatic nitrogens is 1. The Balaban J connectivity index is 2.12. The smallest absolute Gasteiger partial charge is 0.0872 e. The fraction of sp³-hybridized carbons (Fsp3) is 0.250.